The van der Waals surface area contributed by atoms with Crippen LogP contribution in [0.15, 0.2) is 77.6 Å². The van der Waals surface area contributed by atoms with Crippen LogP contribution in [-0.4, -0.2) is 21.4 Å². The molecule has 0 bridgehead atoms. The topological polar surface area (TPSA) is 84.3 Å². The molecule has 0 fully saturated rings. The number of halogens is 1. The van der Waals surface area contributed by atoms with Crippen LogP contribution in [0, 0.1) is 6.92 Å². The van der Waals surface area contributed by atoms with Gasteiger partial charge in [0.05, 0.1) is 17.6 Å². The van der Waals surface area contributed by atoms with E-state index >= 15 is 0 Å². The van der Waals surface area contributed by atoms with Gasteiger partial charge in [-0.2, -0.15) is 0 Å². The fraction of sp³-hybridized carbons (Fsp3) is 0.154. The number of aromatic nitrogens is 2. The molecule has 0 aliphatic carbocycles. The molecule has 3 aromatic carbocycles. The number of rotatable bonds is 6. The van der Waals surface area contributed by atoms with Crippen molar-refractivity contribution in [1.82, 2.24) is 9.55 Å². The lowest BCUT2D eigenvalue weighted by molar-refractivity contribution is -0.117. The van der Waals surface area contributed by atoms with E-state index in [1.807, 2.05) is 31.2 Å². The van der Waals surface area contributed by atoms with Crippen molar-refractivity contribution in [2.75, 3.05) is 10.2 Å². The van der Waals surface area contributed by atoms with Crippen molar-refractivity contribution in [2.45, 2.75) is 26.9 Å². The van der Waals surface area contributed by atoms with Gasteiger partial charge in [-0.1, -0.05) is 53.6 Å². The average molecular weight is 475 g/mol. The highest BCUT2D eigenvalue weighted by molar-refractivity contribution is 6.30. The fourth-order valence-corrected chi connectivity index (χ4v) is 3.73. The summed E-state index contributed by atoms with van der Waals surface area (Å²) in [6.07, 6.45) is 0. The van der Waals surface area contributed by atoms with Gasteiger partial charge in [0.15, 0.2) is 0 Å². The first-order valence-electron chi connectivity index (χ1n) is 10.7. The Hall–Kier alpha value is -3.97. The molecule has 0 spiro atoms. The number of nitrogens with zero attached hydrogens (tertiary/aromatic N) is 3. The lowest BCUT2D eigenvalue weighted by atomic mass is 10.1. The fourth-order valence-electron chi connectivity index (χ4n) is 3.60. The lowest BCUT2D eigenvalue weighted by Crippen LogP contribution is -2.38. The van der Waals surface area contributed by atoms with Gasteiger partial charge < -0.3 is 5.32 Å². The zero-order valence-electron chi connectivity index (χ0n) is 18.8. The first-order chi connectivity index (χ1) is 16.3. The molecule has 0 saturated heterocycles. The van der Waals surface area contributed by atoms with Crippen LogP contribution in [0.3, 0.4) is 0 Å². The maximum Gasteiger partial charge on any atom is 0.294 e. The van der Waals surface area contributed by atoms with Gasteiger partial charge in [0.1, 0.15) is 6.54 Å². The van der Waals surface area contributed by atoms with Crippen LogP contribution < -0.4 is 15.8 Å². The molecule has 172 valence electrons. The van der Waals surface area contributed by atoms with Crippen molar-refractivity contribution in [3.8, 4) is 0 Å². The second-order valence-corrected chi connectivity index (χ2v) is 8.40. The van der Waals surface area contributed by atoms with E-state index in [1.54, 1.807) is 48.5 Å². The molecule has 0 atom stereocenters. The number of nitrogens with one attached hydrogen (secondary N) is 1. The highest BCUT2D eigenvalue weighted by atomic mass is 35.5. The number of aryl methyl sites for hydroxylation is 1. The summed E-state index contributed by atoms with van der Waals surface area (Å²) in [7, 11) is 0. The summed E-state index contributed by atoms with van der Waals surface area (Å²) in [6.45, 7) is 3.31. The molecule has 2 amide bonds. The van der Waals surface area contributed by atoms with Crippen LogP contribution in [0.25, 0.3) is 11.0 Å². The Kier molecular flexibility index (Phi) is 6.75. The molecular formula is C26H23ClN4O3. The number of carbonyl (C=O) groups is 2. The molecule has 0 radical (unpaired) electrons. The van der Waals surface area contributed by atoms with Crippen LogP contribution in [0.5, 0.6) is 0 Å². The van der Waals surface area contributed by atoms with Crippen molar-refractivity contribution in [3.05, 3.63) is 99.3 Å². The van der Waals surface area contributed by atoms with Gasteiger partial charge in [-0.3, -0.25) is 23.9 Å². The first-order valence-corrected chi connectivity index (χ1v) is 11.1. The van der Waals surface area contributed by atoms with Crippen LogP contribution in [-0.2, 0) is 22.7 Å². The van der Waals surface area contributed by atoms with Crippen molar-refractivity contribution in [3.63, 3.8) is 0 Å². The van der Waals surface area contributed by atoms with Gasteiger partial charge in [0.25, 0.3) is 5.56 Å². The molecule has 7 nitrogen and oxygen atoms in total. The third-order valence-electron chi connectivity index (χ3n) is 5.36. The molecule has 1 heterocycles. The van der Waals surface area contributed by atoms with Gasteiger partial charge in [-0.15, -0.1) is 0 Å². The molecule has 4 aromatic rings. The highest BCUT2D eigenvalue weighted by Crippen LogP contribution is 2.18. The van der Waals surface area contributed by atoms with Gasteiger partial charge >= 0.3 is 0 Å². The minimum Gasteiger partial charge on any atom is -0.325 e. The predicted molar refractivity (Wildman–Crippen MR) is 134 cm³/mol. The Morgan fingerprint density at radius 3 is 2.35 bits per heavy atom. The molecule has 8 heteroatoms. The van der Waals surface area contributed by atoms with Crippen molar-refractivity contribution in [1.29, 1.82) is 0 Å². The SMILES string of the molecule is CC(=O)N(Cc1ccc(C)cc1)c1nc2ccccc2n(CC(=O)Nc2ccc(Cl)cc2)c1=O. The minimum atomic E-state index is -0.521. The zero-order chi connectivity index (χ0) is 24.2. The van der Waals surface area contributed by atoms with Crippen molar-refractivity contribution >= 4 is 46.0 Å². The maximum atomic E-state index is 13.5. The third-order valence-corrected chi connectivity index (χ3v) is 5.61. The highest BCUT2D eigenvalue weighted by Gasteiger charge is 2.21. The number of carbonyl (C=O) groups excluding carboxylic acids is 2. The Bertz CT molecular complexity index is 1410. The Morgan fingerprint density at radius 1 is 1.00 bits per heavy atom. The second kappa shape index (κ2) is 9.89. The van der Waals surface area contributed by atoms with E-state index in [4.69, 9.17) is 11.6 Å². The van der Waals surface area contributed by atoms with E-state index in [9.17, 15) is 14.4 Å². The quantitative estimate of drug-likeness (QED) is 0.444. The van der Waals surface area contributed by atoms with Gasteiger partial charge in [-0.05, 0) is 48.9 Å². The normalized spacial score (nSPS) is 10.8. The van der Waals surface area contributed by atoms with E-state index in [1.165, 1.54) is 16.4 Å². The predicted octanol–water partition coefficient (Wildman–Crippen LogP) is 4.55. The van der Waals surface area contributed by atoms with Gasteiger partial charge in [0.2, 0.25) is 17.6 Å². The van der Waals surface area contributed by atoms with Crippen LogP contribution in [0.2, 0.25) is 5.02 Å². The van der Waals surface area contributed by atoms with E-state index < -0.39 is 5.56 Å². The minimum absolute atomic E-state index is 0.0222. The van der Waals surface area contributed by atoms with E-state index in [0.29, 0.717) is 21.7 Å². The second-order valence-electron chi connectivity index (χ2n) is 7.96. The molecule has 4 rings (SSSR count). The van der Waals surface area contributed by atoms with E-state index in [2.05, 4.69) is 10.3 Å². The summed E-state index contributed by atoms with van der Waals surface area (Å²) >= 11 is 5.91. The summed E-state index contributed by atoms with van der Waals surface area (Å²) in [5, 5.41) is 3.32. The smallest absolute Gasteiger partial charge is 0.294 e. The van der Waals surface area contributed by atoms with Gasteiger partial charge in [0, 0.05) is 17.6 Å². The molecule has 0 aliphatic rings. The number of fused-ring (bicyclic) bond motifs is 1. The zero-order valence-corrected chi connectivity index (χ0v) is 19.5. The van der Waals surface area contributed by atoms with Crippen LogP contribution in [0.4, 0.5) is 11.5 Å². The first kappa shape index (κ1) is 23.2. The Balaban J connectivity index is 1.73. The standard InChI is InChI=1S/C26H23ClN4O3/c1-17-7-9-19(10-8-17)15-30(18(2)32)25-26(34)31(23-6-4-3-5-22(23)29-25)16-24(33)28-21-13-11-20(27)12-14-21/h3-14H,15-16H2,1-2H3,(H,28,33). The van der Waals surface area contributed by atoms with E-state index in [0.717, 1.165) is 11.1 Å². The average Bonchev–Trinajstić information content (AvgIpc) is 2.82. The molecular weight excluding hydrogens is 452 g/mol. The summed E-state index contributed by atoms with van der Waals surface area (Å²) in [5.74, 6) is -0.733. The summed E-state index contributed by atoms with van der Waals surface area (Å²) in [6, 6.07) is 21.4. The van der Waals surface area contributed by atoms with Crippen LogP contribution in [0.1, 0.15) is 18.1 Å². The molecule has 1 aromatic heterocycles. The monoisotopic (exact) mass is 474 g/mol. The van der Waals surface area contributed by atoms with Crippen molar-refractivity contribution in [2.24, 2.45) is 0 Å². The largest absolute Gasteiger partial charge is 0.325 e. The van der Waals surface area contributed by atoms with E-state index in [-0.39, 0.29) is 30.7 Å². The lowest BCUT2D eigenvalue weighted by Gasteiger charge is -2.21. The molecule has 34 heavy (non-hydrogen) atoms. The third kappa shape index (κ3) is 5.15. The Morgan fingerprint density at radius 2 is 1.68 bits per heavy atom. The molecule has 1 N–H and O–H groups in total. The Labute approximate surface area is 201 Å². The summed E-state index contributed by atoms with van der Waals surface area (Å²) in [4.78, 5) is 44.7. The summed E-state index contributed by atoms with van der Waals surface area (Å²) < 4.78 is 1.34. The number of amides is 2. The maximum absolute atomic E-state index is 13.5. The van der Waals surface area contributed by atoms with Gasteiger partial charge in [-0.25, -0.2) is 4.98 Å². The number of hydrogen-bond acceptors (Lipinski definition) is 4. The molecule has 0 unspecified atom stereocenters. The van der Waals surface area contributed by atoms with Crippen molar-refractivity contribution < 1.29 is 9.59 Å². The number of benzene rings is 3. The number of para-hydroxylation sites is 2. The number of anilines is 2. The molecule has 0 aliphatic heterocycles. The summed E-state index contributed by atoms with van der Waals surface area (Å²) in [5.41, 5.74) is 3.00. The van der Waals surface area contributed by atoms with Crippen LogP contribution >= 0.6 is 11.6 Å². The number of hydrogen-bond donors (Lipinski definition) is 1. The molecule has 0 saturated carbocycles.